The summed E-state index contributed by atoms with van der Waals surface area (Å²) in [6.07, 6.45) is -0.798. The SMILES string of the molecule is Cc1ccc(OC(C)C(=O)Nc2ccc(Cl)c(N=C3NN(c4c(Cl)cc(Cl)cc4Cl)C(=O)C3N=Nc3ccc(C)c(C)c3)c2)c(C)c1. The van der Waals surface area contributed by atoms with Crippen LogP contribution in [0.2, 0.25) is 20.1 Å². The molecular weight excluding hydrogens is 682 g/mol. The van der Waals surface area contributed by atoms with Crippen LogP contribution in [-0.2, 0) is 9.59 Å². The average Bonchev–Trinajstić information content (AvgIpc) is 3.30. The monoisotopic (exact) mass is 710 g/mol. The van der Waals surface area contributed by atoms with Crippen molar-refractivity contribution in [3.05, 3.63) is 109 Å². The van der Waals surface area contributed by atoms with E-state index >= 15 is 0 Å². The highest BCUT2D eigenvalue weighted by atomic mass is 35.5. The van der Waals surface area contributed by atoms with Crippen molar-refractivity contribution < 1.29 is 14.3 Å². The Morgan fingerprint density at radius 3 is 2.28 bits per heavy atom. The van der Waals surface area contributed by atoms with E-state index < -0.39 is 18.1 Å². The molecule has 0 aromatic heterocycles. The van der Waals surface area contributed by atoms with E-state index in [4.69, 9.17) is 51.1 Å². The van der Waals surface area contributed by atoms with Crippen molar-refractivity contribution in [1.29, 1.82) is 0 Å². The van der Waals surface area contributed by atoms with E-state index in [1.165, 1.54) is 12.1 Å². The molecule has 1 aliphatic rings. The molecule has 0 saturated carbocycles. The van der Waals surface area contributed by atoms with Gasteiger partial charge in [-0.2, -0.15) is 10.2 Å². The third-order valence-corrected chi connectivity index (χ3v) is 8.50. The van der Waals surface area contributed by atoms with Gasteiger partial charge in [0.25, 0.3) is 11.8 Å². The molecule has 4 aromatic carbocycles. The minimum Gasteiger partial charge on any atom is -0.481 e. The molecule has 0 aliphatic carbocycles. The highest BCUT2D eigenvalue weighted by Crippen LogP contribution is 2.38. The van der Waals surface area contributed by atoms with Crippen molar-refractivity contribution in [1.82, 2.24) is 5.43 Å². The third-order valence-electron chi connectivity index (χ3n) is 7.38. The molecule has 242 valence electrons. The fourth-order valence-electron chi connectivity index (χ4n) is 4.71. The second-order valence-electron chi connectivity index (χ2n) is 11.1. The second kappa shape index (κ2) is 14.3. The number of amidine groups is 1. The van der Waals surface area contributed by atoms with Gasteiger partial charge in [0.15, 0.2) is 11.9 Å². The first-order valence-electron chi connectivity index (χ1n) is 14.5. The fraction of sp³-hybridized carbons (Fsp3) is 0.206. The largest absolute Gasteiger partial charge is 0.481 e. The lowest BCUT2D eigenvalue weighted by molar-refractivity contribution is -0.122. The number of nitrogens with one attached hydrogen (secondary N) is 2. The molecule has 2 amide bonds. The lowest BCUT2D eigenvalue weighted by Gasteiger charge is -2.19. The average molecular weight is 712 g/mol. The Balaban J connectivity index is 1.46. The van der Waals surface area contributed by atoms with Crippen molar-refractivity contribution in [2.75, 3.05) is 10.3 Å². The lowest BCUT2D eigenvalue weighted by Crippen LogP contribution is -2.36. The number of hydrogen-bond acceptors (Lipinski definition) is 6. The van der Waals surface area contributed by atoms with Gasteiger partial charge in [-0.05, 0) is 99.8 Å². The molecule has 0 bridgehead atoms. The van der Waals surface area contributed by atoms with E-state index in [1.54, 1.807) is 31.2 Å². The van der Waals surface area contributed by atoms with Gasteiger partial charge in [-0.3, -0.25) is 15.0 Å². The summed E-state index contributed by atoms with van der Waals surface area (Å²) in [5.41, 5.74) is 8.48. The summed E-state index contributed by atoms with van der Waals surface area (Å²) in [5, 5.41) is 13.5. The summed E-state index contributed by atoms with van der Waals surface area (Å²) in [6, 6.07) is 17.8. The number of hydrogen-bond donors (Lipinski definition) is 2. The molecule has 1 heterocycles. The Morgan fingerprint density at radius 1 is 0.872 bits per heavy atom. The molecule has 1 fully saturated rings. The summed E-state index contributed by atoms with van der Waals surface area (Å²) in [6.45, 7) is 9.51. The highest BCUT2D eigenvalue weighted by molar-refractivity contribution is 6.43. The van der Waals surface area contributed by atoms with Crippen LogP contribution in [0.15, 0.2) is 82.0 Å². The van der Waals surface area contributed by atoms with Gasteiger partial charge < -0.3 is 10.1 Å². The normalized spacial score (nSPS) is 16.1. The van der Waals surface area contributed by atoms with E-state index in [9.17, 15) is 9.59 Å². The molecular formula is C34H30Cl4N6O3. The summed E-state index contributed by atoms with van der Waals surface area (Å²) in [7, 11) is 0. The van der Waals surface area contributed by atoms with Gasteiger partial charge in [0.2, 0.25) is 6.04 Å². The fourth-order valence-corrected chi connectivity index (χ4v) is 5.86. The van der Waals surface area contributed by atoms with Gasteiger partial charge in [0, 0.05) is 10.7 Å². The highest BCUT2D eigenvalue weighted by Gasteiger charge is 2.41. The van der Waals surface area contributed by atoms with Crippen LogP contribution in [0.5, 0.6) is 5.75 Å². The molecule has 5 rings (SSSR count). The Morgan fingerprint density at radius 2 is 1.60 bits per heavy atom. The van der Waals surface area contributed by atoms with Crippen LogP contribution in [-0.4, -0.2) is 29.8 Å². The maximum Gasteiger partial charge on any atom is 0.280 e. The van der Waals surface area contributed by atoms with Crippen LogP contribution in [0, 0.1) is 27.7 Å². The van der Waals surface area contributed by atoms with Gasteiger partial charge >= 0.3 is 0 Å². The van der Waals surface area contributed by atoms with Gasteiger partial charge in [-0.1, -0.05) is 70.2 Å². The number of carbonyl (C=O) groups excluding carboxylic acids is 2. The lowest BCUT2D eigenvalue weighted by atomic mass is 10.1. The van der Waals surface area contributed by atoms with E-state index in [1.807, 2.05) is 58.0 Å². The Bertz CT molecular complexity index is 1920. The van der Waals surface area contributed by atoms with E-state index in [0.717, 1.165) is 27.3 Å². The predicted molar refractivity (Wildman–Crippen MR) is 189 cm³/mol. The molecule has 13 heteroatoms. The number of azo groups is 1. The number of halogens is 4. The van der Waals surface area contributed by atoms with Gasteiger partial charge in [0.1, 0.15) is 11.4 Å². The first kappa shape index (κ1) is 34.2. The summed E-state index contributed by atoms with van der Waals surface area (Å²) in [5.74, 6) is -0.204. The number of aryl methyl sites for hydroxylation is 4. The molecule has 0 spiro atoms. The maximum absolute atomic E-state index is 13.8. The summed E-state index contributed by atoms with van der Waals surface area (Å²) in [4.78, 5) is 31.5. The number of ether oxygens (including phenoxy) is 1. The zero-order valence-corrected chi connectivity index (χ0v) is 29.1. The second-order valence-corrected chi connectivity index (χ2v) is 12.7. The van der Waals surface area contributed by atoms with Crippen molar-refractivity contribution in [2.24, 2.45) is 15.2 Å². The number of hydrazine groups is 1. The summed E-state index contributed by atoms with van der Waals surface area (Å²) < 4.78 is 5.91. The molecule has 47 heavy (non-hydrogen) atoms. The van der Waals surface area contributed by atoms with Crippen LogP contribution in [0.4, 0.5) is 22.7 Å². The molecule has 2 atom stereocenters. The van der Waals surface area contributed by atoms with Crippen molar-refractivity contribution in [2.45, 2.75) is 46.8 Å². The van der Waals surface area contributed by atoms with E-state index in [2.05, 4.69) is 26.0 Å². The first-order chi connectivity index (χ1) is 22.3. The molecule has 0 radical (unpaired) electrons. The van der Waals surface area contributed by atoms with E-state index in [0.29, 0.717) is 22.1 Å². The van der Waals surface area contributed by atoms with Crippen LogP contribution in [0.3, 0.4) is 0 Å². The van der Waals surface area contributed by atoms with Crippen LogP contribution in [0.1, 0.15) is 29.2 Å². The zero-order valence-electron chi connectivity index (χ0n) is 26.0. The Hall–Kier alpha value is -4.15. The Kier molecular flexibility index (Phi) is 10.4. The smallest absolute Gasteiger partial charge is 0.280 e. The number of aliphatic imine (C=N–C) groups is 1. The predicted octanol–water partition coefficient (Wildman–Crippen LogP) is 9.67. The Labute approximate surface area is 292 Å². The van der Waals surface area contributed by atoms with Crippen molar-refractivity contribution in [3.8, 4) is 5.75 Å². The van der Waals surface area contributed by atoms with Crippen molar-refractivity contribution >= 4 is 86.8 Å². The van der Waals surface area contributed by atoms with Crippen molar-refractivity contribution in [3.63, 3.8) is 0 Å². The standard InChI is InChI=1S/C34H30Cl4N6O3/c1-17-6-11-29(20(4)12-17)47-21(5)33(45)39-23-9-10-25(36)28(16-23)40-32-30(42-41-24-8-7-18(2)19(3)13-24)34(46)44(43-32)31-26(37)14-22(35)15-27(31)38/h6-16,21,30H,1-5H3,(H,39,45)(H,40,43). The molecule has 1 saturated heterocycles. The molecule has 4 aromatic rings. The molecule has 9 nitrogen and oxygen atoms in total. The molecule has 1 aliphatic heterocycles. The number of carbonyl (C=O) groups is 2. The minimum atomic E-state index is -1.21. The van der Waals surface area contributed by atoms with Crippen LogP contribution in [0.25, 0.3) is 0 Å². The number of anilines is 2. The maximum atomic E-state index is 13.8. The quantitative estimate of drug-likeness (QED) is 0.177. The van der Waals surface area contributed by atoms with E-state index in [-0.39, 0.29) is 38.2 Å². The van der Waals surface area contributed by atoms with Gasteiger partial charge in [-0.15, -0.1) is 0 Å². The summed E-state index contributed by atoms with van der Waals surface area (Å²) >= 11 is 25.6. The van der Waals surface area contributed by atoms with Crippen LogP contribution >= 0.6 is 46.4 Å². The molecule has 2 N–H and O–H groups in total. The van der Waals surface area contributed by atoms with Crippen LogP contribution < -0.4 is 20.5 Å². The zero-order chi connectivity index (χ0) is 34.0. The first-order valence-corrected chi connectivity index (χ1v) is 16.0. The van der Waals surface area contributed by atoms with Gasteiger partial charge in [0.05, 0.1) is 26.4 Å². The number of benzene rings is 4. The topological polar surface area (TPSA) is 108 Å². The minimum absolute atomic E-state index is 0.0987. The third kappa shape index (κ3) is 7.88. The number of rotatable bonds is 8. The number of amides is 2. The number of nitrogens with zero attached hydrogens (tertiary/aromatic N) is 4. The molecule has 2 unspecified atom stereocenters. The van der Waals surface area contributed by atoms with Gasteiger partial charge in [-0.25, -0.2) is 10.0 Å².